The fourth-order valence-corrected chi connectivity index (χ4v) is 2.71. The Morgan fingerprint density at radius 1 is 0.923 bits per heavy atom. The summed E-state index contributed by atoms with van der Waals surface area (Å²) < 4.78 is 5.68. The molecule has 1 N–H and O–H groups in total. The van der Waals surface area contributed by atoms with E-state index in [1.165, 1.54) is 4.90 Å². The Balaban J connectivity index is 0.000000758. The van der Waals surface area contributed by atoms with Gasteiger partial charge >= 0.3 is 0 Å². The van der Waals surface area contributed by atoms with E-state index in [2.05, 4.69) is 5.32 Å². The van der Waals surface area contributed by atoms with Crippen LogP contribution in [0.4, 0.5) is 0 Å². The van der Waals surface area contributed by atoms with Crippen molar-refractivity contribution in [3.05, 3.63) is 65.2 Å². The van der Waals surface area contributed by atoms with Crippen LogP contribution in [0.3, 0.4) is 0 Å². The molecule has 5 nitrogen and oxygen atoms in total. The lowest BCUT2D eigenvalue weighted by Crippen LogP contribution is -2.30. The van der Waals surface area contributed by atoms with Gasteiger partial charge in [0.15, 0.2) is 0 Å². The highest BCUT2D eigenvalue weighted by Gasteiger charge is 2.34. The van der Waals surface area contributed by atoms with Gasteiger partial charge in [0, 0.05) is 6.54 Å². The molecule has 2 amide bonds. The molecule has 138 valence electrons. The number of nitrogens with zero attached hydrogens (tertiary/aromatic N) is 1. The molecule has 1 heterocycles. The van der Waals surface area contributed by atoms with Crippen LogP contribution in [0.15, 0.2) is 48.5 Å². The van der Waals surface area contributed by atoms with Crippen LogP contribution in [0, 0.1) is 6.92 Å². The van der Waals surface area contributed by atoms with Crippen LogP contribution in [0.5, 0.6) is 5.75 Å². The third-order valence-corrected chi connectivity index (χ3v) is 3.91. The number of fused-ring (bicyclic) bond motifs is 1. The number of hydrogen-bond acceptors (Lipinski definition) is 4. The monoisotopic (exact) mass is 354 g/mol. The van der Waals surface area contributed by atoms with Crippen LogP contribution < -0.4 is 10.1 Å². The highest BCUT2D eigenvalue weighted by atomic mass is 16.5. The summed E-state index contributed by atoms with van der Waals surface area (Å²) >= 11 is 0. The minimum absolute atomic E-state index is 0.190. The first-order valence-electron chi connectivity index (χ1n) is 8.81. The Labute approximate surface area is 155 Å². The summed E-state index contributed by atoms with van der Waals surface area (Å²) in [5.41, 5.74) is 2.18. The molecule has 0 fully saturated rings. The van der Waals surface area contributed by atoms with Gasteiger partial charge in [-0.15, -0.1) is 0 Å². The van der Waals surface area contributed by atoms with Crippen molar-refractivity contribution in [3.63, 3.8) is 0 Å². The van der Waals surface area contributed by atoms with E-state index in [0.29, 0.717) is 24.3 Å². The van der Waals surface area contributed by atoms with Crippen molar-refractivity contribution in [1.82, 2.24) is 10.2 Å². The van der Waals surface area contributed by atoms with E-state index in [9.17, 15) is 9.59 Å². The number of ether oxygens (including phenoxy) is 1. The van der Waals surface area contributed by atoms with Gasteiger partial charge in [0.25, 0.3) is 11.8 Å². The maximum absolute atomic E-state index is 12.2. The van der Waals surface area contributed by atoms with Crippen molar-refractivity contribution in [3.8, 4) is 5.75 Å². The van der Waals surface area contributed by atoms with Crippen LogP contribution in [0.1, 0.15) is 39.1 Å². The minimum atomic E-state index is -0.190. The maximum Gasteiger partial charge on any atom is 0.261 e. The van der Waals surface area contributed by atoms with Gasteiger partial charge < -0.3 is 10.1 Å². The van der Waals surface area contributed by atoms with Crippen molar-refractivity contribution < 1.29 is 14.3 Å². The lowest BCUT2D eigenvalue weighted by atomic mass is 10.1. The number of aryl methyl sites for hydroxylation is 1. The summed E-state index contributed by atoms with van der Waals surface area (Å²) in [6.45, 7) is 3.03. The zero-order chi connectivity index (χ0) is 18.9. The number of amides is 2. The van der Waals surface area contributed by atoms with Crippen LogP contribution in [-0.4, -0.2) is 44.0 Å². The predicted octanol–water partition coefficient (Wildman–Crippen LogP) is 3.29. The Bertz CT molecular complexity index is 723. The molecule has 0 unspecified atom stereocenters. The number of carbonyl (C=O) groups excluding carboxylic acids is 2. The molecule has 1 aliphatic heterocycles. The Hall–Kier alpha value is -2.66. The van der Waals surface area contributed by atoms with Gasteiger partial charge in [-0.3, -0.25) is 14.5 Å². The molecule has 3 rings (SSSR count). The first-order valence-corrected chi connectivity index (χ1v) is 8.81. The van der Waals surface area contributed by atoms with Crippen LogP contribution in [-0.2, 0) is 0 Å². The van der Waals surface area contributed by atoms with E-state index in [1.807, 2.05) is 45.3 Å². The van der Waals surface area contributed by atoms with Gasteiger partial charge in [-0.05, 0) is 63.7 Å². The number of nitrogens with one attached hydrogen (secondary N) is 1. The molecule has 0 saturated heterocycles. The van der Waals surface area contributed by atoms with Crippen LogP contribution in [0.2, 0.25) is 0 Å². The molecule has 0 radical (unpaired) electrons. The van der Waals surface area contributed by atoms with Gasteiger partial charge in [-0.2, -0.15) is 0 Å². The molecule has 0 spiro atoms. The molecule has 2 aromatic rings. The predicted molar refractivity (Wildman–Crippen MR) is 103 cm³/mol. The topological polar surface area (TPSA) is 58.6 Å². The summed E-state index contributed by atoms with van der Waals surface area (Å²) in [5, 5.41) is 2.75. The average molecular weight is 354 g/mol. The Morgan fingerprint density at radius 3 is 2.12 bits per heavy atom. The minimum Gasteiger partial charge on any atom is -0.494 e. The first-order chi connectivity index (χ1) is 12.6. The summed E-state index contributed by atoms with van der Waals surface area (Å²) in [7, 11) is 3.75. The summed E-state index contributed by atoms with van der Waals surface area (Å²) in [5.74, 6) is 0.473. The second-order valence-electron chi connectivity index (χ2n) is 6.18. The largest absolute Gasteiger partial charge is 0.494 e. The number of rotatable bonds is 6. The van der Waals surface area contributed by atoms with Crippen molar-refractivity contribution in [2.24, 2.45) is 0 Å². The van der Waals surface area contributed by atoms with Crippen molar-refractivity contribution in [2.75, 3.05) is 27.2 Å². The second-order valence-corrected chi connectivity index (χ2v) is 6.18. The Kier molecular flexibility index (Phi) is 7.36. The highest BCUT2D eigenvalue weighted by molar-refractivity contribution is 6.21. The summed E-state index contributed by atoms with van der Waals surface area (Å²) in [6.07, 6.45) is 1.53. The number of unbranched alkanes of at least 4 members (excludes halogenated alkanes) is 1. The highest BCUT2D eigenvalue weighted by Crippen LogP contribution is 2.22. The third kappa shape index (κ3) is 4.92. The number of imide groups is 1. The van der Waals surface area contributed by atoms with E-state index in [0.717, 1.165) is 24.2 Å². The van der Waals surface area contributed by atoms with E-state index in [-0.39, 0.29) is 11.8 Å². The molecule has 5 heteroatoms. The van der Waals surface area contributed by atoms with Gasteiger partial charge in [0.1, 0.15) is 5.75 Å². The van der Waals surface area contributed by atoms with Crippen LogP contribution in [0.25, 0.3) is 0 Å². The fourth-order valence-electron chi connectivity index (χ4n) is 2.71. The van der Waals surface area contributed by atoms with Crippen molar-refractivity contribution in [2.45, 2.75) is 19.8 Å². The molecule has 26 heavy (non-hydrogen) atoms. The molecule has 0 saturated carbocycles. The first kappa shape index (κ1) is 19.7. The molecule has 1 aliphatic rings. The molecule has 0 aliphatic carbocycles. The second kappa shape index (κ2) is 9.73. The lowest BCUT2D eigenvalue weighted by molar-refractivity contribution is 0.0649. The summed E-state index contributed by atoms with van der Waals surface area (Å²) in [4.78, 5) is 25.7. The fraction of sp³-hybridized carbons (Fsp3) is 0.333. The molecule has 2 aromatic carbocycles. The number of carbonyl (C=O) groups is 2. The van der Waals surface area contributed by atoms with Gasteiger partial charge in [-0.25, -0.2) is 0 Å². The SMILES string of the molecule is CNC.Cc1cccc(OCCCCN2C(=O)c3ccccc3C2=O)c1. The lowest BCUT2D eigenvalue weighted by Gasteiger charge is -2.13. The molecular formula is C21H26N2O3. The van der Waals surface area contributed by atoms with Crippen LogP contribution >= 0.6 is 0 Å². The summed E-state index contributed by atoms with van der Waals surface area (Å²) in [6, 6.07) is 14.9. The normalized spacial score (nSPS) is 12.5. The van der Waals surface area contributed by atoms with E-state index in [4.69, 9.17) is 4.74 Å². The number of hydrogen-bond donors (Lipinski definition) is 1. The molecule has 0 atom stereocenters. The van der Waals surface area contributed by atoms with Gasteiger partial charge in [-0.1, -0.05) is 24.3 Å². The smallest absolute Gasteiger partial charge is 0.261 e. The third-order valence-electron chi connectivity index (χ3n) is 3.91. The van der Waals surface area contributed by atoms with E-state index >= 15 is 0 Å². The van der Waals surface area contributed by atoms with Gasteiger partial charge in [0.05, 0.1) is 17.7 Å². The van der Waals surface area contributed by atoms with Gasteiger partial charge in [0.2, 0.25) is 0 Å². The molecular weight excluding hydrogens is 328 g/mol. The number of benzene rings is 2. The Morgan fingerprint density at radius 2 is 1.54 bits per heavy atom. The van der Waals surface area contributed by atoms with Crippen molar-refractivity contribution in [1.29, 1.82) is 0 Å². The van der Waals surface area contributed by atoms with E-state index in [1.54, 1.807) is 24.3 Å². The molecule has 0 bridgehead atoms. The zero-order valence-corrected chi connectivity index (χ0v) is 15.6. The van der Waals surface area contributed by atoms with Crippen molar-refractivity contribution >= 4 is 11.8 Å². The average Bonchev–Trinajstić information content (AvgIpc) is 2.87. The maximum atomic E-state index is 12.2. The quantitative estimate of drug-likeness (QED) is 0.639. The standard InChI is InChI=1S/C19H19NO3.C2H7N/c1-14-7-6-8-15(13-14)23-12-5-4-11-20-18(21)16-9-2-3-10-17(16)19(20)22;1-3-2/h2-3,6-10,13H,4-5,11-12H2,1H3;3H,1-2H3. The molecule has 0 aromatic heterocycles. The zero-order valence-electron chi connectivity index (χ0n) is 15.6. The van der Waals surface area contributed by atoms with E-state index < -0.39 is 0 Å².